The van der Waals surface area contributed by atoms with E-state index < -0.39 is 11.8 Å². The number of amides is 2. The highest BCUT2D eigenvalue weighted by molar-refractivity contribution is 6.31. The lowest BCUT2D eigenvalue weighted by Crippen LogP contribution is -2.19. The van der Waals surface area contributed by atoms with E-state index in [2.05, 4.69) is 15.7 Å². The summed E-state index contributed by atoms with van der Waals surface area (Å²) in [5, 5.41) is 9.16. The third kappa shape index (κ3) is 4.54. The lowest BCUT2D eigenvalue weighted by atomic mass is 10.2. The Hall–Kier alpha value is -2.93. The molecule has 2 aromatic carbocycles. The van der Waals surface area contributed by atoms with Crippen LogP contribution >= 0.6 is 11.6 Å². The summed E-state index contributed by atoms with van der Waals surface area (Å²) < 4.78 is 27.8. The van der Waals surface area contributed by atoms with Crippen LogP contribution in [0, 0.1) is 11.6 Å². The minimum atomic E-state index is -0.564. The maximum Gasteiger partial charge on any atom is 0.323 e. The van der Waals surface area contributed by atoms with Gasteiger partial charge in [0, 0.05) is 11.9 Å². The number of rotatable bonds is 4. The highest BCUT2D eigenvalue weighted by Crippen LogP contribution is 2.19. The summed E-state index contributed by atoms with van der Waals surface area (Å²) in [4.78, 5) is 11.9. The summed E-state index contributed by atoms with van der Waals surface area (Å²) in [5.41, 5.74) is 1.57. The molecular formula is C17H13ClF2N4O. The molecule has 3 aromatic rings. The number of hydrogen-bond donors (Lipinski definition) is 2. The minimum absolute atomic E-state index is 0.0827. The van der Waals surface area contributed by atoms with E-state index in [1.54, 1.807) is 23.0 Å². The molecule has 2 amide bonds. The number of carbonyl (C=O) groups excluding carboxylic acids is 1. The molecule has 2 N–H and O–H groups in total. The number of hydrogen-bond acceptors (Lipinski definition) is 2. The van der Waals surface area contributed by atoms with Crippen LogP contribution in [0.15, 0.2) is 54.9 Å². The Morgan fingerprint density at radius 3 is 2.68 bits per heavy atom. The first-order valence-electron chi connectivity index (χ1n) is 7.29. The van der Waals surface area contributed by atoms with Gasteiger partial charge in [-0.1, -0.05) is 23.7 Å². The predicted octanol–water partition coefficient (Wildman–Crippen LogP) is 4.51. The standard InChI is InChI=1S/C17H13ClF2N4O/c18-15-7-13(4-5-16(15)20)22-17(25)23-14-8-21-24(10-14)9-11-2-1-3-12(19)6-11/h1-8,10H,9H2,(H2,22,23,25). The van der Waals surface area contributed by atoms with Gasteiger partial charge in [-0.25, -0.2) is 13.6 Å². The molecule has 1 heterocycles. The van der Waals surface area contributed by atoms with Gasteiger partial charge in [-0.3, -0.25) is 4.68 Å². The normalized spacial score (nSPS) is 10.5. The highest BCUT2D eigenvalue weighted by atomic mass is 35.5. The number of carbonyl (C=O) groups is 1. The molecule has 0 aliphatic carbocycles. The van der Waals surface area contributed by atoms with Crippen LogP contribution < -0.4 is 10.6 Å². The van der Waals surface area contributed by atoms with E-state index in [-0.39, 0.29) is 10.8 Å². The number of benzene rings is 2. The van der Waals surface area contributed by atoms with Gasteiger partial charge in [0.2, 0.25) is 0 Å². The Morgan fingerprint density at radius 1 is 1.12 bits per heavy atom. The van der Waals surface area contributed by atoms with E-state index in [1.807, 2.05) is 0 Å². The van der Waals surface area contributed by atoms with Gasteiger partial charge in [0.05, 0.1) is 23.5 Å². The van der Waals surface area contributed by atoms with Crippen molar-refractivity contribution >= 4 is 29.0 Å². The first-order chi connectivity index (χ1) is 12.0. The van der Waals surface area contributed by atoms with Crippen molar-refractivity contribution < 1.29 is 13.6 Å². The first-order valence-corrected chi connectivity index (χ1v) is 7.67. The maximum absolute atomic E-state index is 13.2. The molecule has 25 heavy (non-hydrogen) atoms. The van der Waals surface area contributed by atoms with Gasteiger partial charge in [0.15, 0.2) is 0 Å². The summed E-state index contributed by atoms with van der Waals surface area (Å²) in [7, 11) is 0. The topological polar surface area (TPSA) is 59.0 Å². The quantitative estimate of drug-likeness (QED) is 0.717. The van der Waals surface area contributed by atoms with Gasteiger partial charge in [0.1, 0.15) is 11.6 Å². The summed E-state index contributed by atoms with van der Waals surface area (Å²) in [5.74, 6) is -0.883. The largest absolute Gasteiger partial charge is 0.323 e. The maximum atomic E-state index is 13.2. The second kappa shape index (κ2) is 7.31. The molecule has 3 rings (SSSR count). The molecule has 1 aromatic heterocycles. The fourth-order valence-electron chi connectivity index (χ4n) is 2.20. The molecule has 0 saturated heterocycles. The Morgan fingerprint density at radius 2 is 1.92 bits per heavy atom. The average Bonchev–Trinajstić information content (AvgIpc) is 2.98. The van der Waals surface area contributed by atoms with Gasteiger partial charge in [-0.2, -0.15) is 5.10 Å². The van der Waals surface area contributed by atoms with Crippen molar-refractivity contribution in [2.75, 3.05) is 10.6 Å². The van der Waals surface area contributed by atoms with E-state index in [9.17, 15) is 13.6 Å². The number of nitrogens with zero attached hydrogens (tertiary/aromatic N) is 2. The van der Waals surface area contributed by atoms with Crippen molar-refractivity contribution in [2.45, 2.75) is 6.54 Å². The molecular weight excluding hydrogens is 350 g/mol. The summed E-state index contributed by atoms with van der Waals surface area (Å²) >= 11 is 5.66. The number of anilines is 2. The van der Waals surface area contributed by atoms with Gasteiger partial charge in [0.25, 0.3) is 0 Å². The Balaban J connectivity index is 1.60. The zero-order valence-corrected chi connectivity index (χ0v) is 13.6. The molecule has 8 heteroatoms. The smallest absolute Gasteiger partial charge is 0.308 e. The summed E-state index contributed by atoms with van der Waals surface area (Å²) in [6, 6.07) is 9.53. The Bertz CT molecular complexity index is 913. The van der Waals surface area contributed by atoms with Crippen molar-refractivity contribution in [3.63, 3.8) is 0 Å². The van der Waals surface area contributed by atoms with E-state index in [1.165, 1.54) is 30.5 Å². The minimum Gasteiger partial charge on any atom is -0.308 e. The second-order valence-corrected chi connectivity index (χ2v) is 5.67. The molecule has 5 nitrogen and oxygen atoms in total. The zero-order valence-electron chi connectivity index (χ0n) is 12.8. The van der Waals surface area contributed by atoms with Crippen LogP contribution in [0.4, 0.5) is 25.0 Å². The number of halogens is 3. The van der Waals surface area contributed by atoms with Crippen molar-refractivity contribution in [3.05, 3.63) is 77.1 Å². The molecule has 0 bridgehead atoms. The van der Waals surface area contributed by atoms with Crippen LogP contribution in [0.2, 0.25) is 5.02 Å². The lowest BCUT2D eigenvalue weighted by Gasteiger charge is -2.06. The molecule has 0 unspecified atom stereocenters. The first kappa shape index (κ1) is 16.9. The van der Waals surface area contributed by atoms with Crippen LogP contribution in [-0.4, -0.2) is 15.8 Å². The summed E-state index contributed by atoms with van der Waals surface area (Å²) in [6.07, 6.45) is 3.08. The Labute approximate surface area is 147 Å². The van der Waals surface area contributed by atoms with Gasteiger partial charge >= 0.3 is 6.03 Å². The molecule has 0 aliphatic rings. The van der Waals surface area contributed by atoms with Crippen LogP contribution in [0.3, 0.4) is 0 Å². The van der Waals surface area contributed by atoms with E-state index in [0.717, 1.165) is 11.6 Å². The number of urea groups is 1. The molecule has 0 spiro atoms. The van der Waals surface area contributed by atoms with Crippen molar-refractivity contribution in [1.82, 2.24) is 9.78 Å². The second-order valence-electron chi connectivity index (χ2n) is 5.26. The van der Waals surface area contributed by atoms with Gasteiger partial charge < -0.3 is 10.6 Å². The van der Waals surface area contributed by atoms with E-state index in [0.29, 0.717) is 17.9 Å². The number of aromatic nitrogens is 2. The van der Waals surface area contributed by atoms with Crippen molar-refractivity contribution in [2.24, 2.45) is 0 Å². The fraction of sp³-hybridized carbons (Fsp3) is 0.0588. The molecule has 128 valence electrons. The molecule has 0 saturated carbocycles. The van der Waals surface area contributed by atoms with E-state index in [4.69, 9.17) is 11.6 Å². The van der Waals surface area contributed by atoms with Crippen LogP contribution in [-0.2, 0) is 6.54 Å². The fourth-order valence-corrected chi connectivity index (χ4v) is 2.38. The van der Waals surface area contributed by atoms with Crippen molar-refractivity contribution in [1.29, 1.82) is 0 Å². The van der Waals surface area contributed by atoms with Crippen molar-refractivity contribution in [3.8, 4) is 0 Å². The average molecular weight is 363 g/mol. The number of nitrogens with one attached hydrogen (secondary N) is 2. The SMILES string of the molecule is O=C(Nc1ccc(F)c(Cl)c1)Nc1cnn(Cc2cccc(F)c2)c1. The van der Waals surface area contributed by atoms with Crippen LogP contribution in [0.25, 0.3) is 0 Å². The molecule has 0 radical (unpaired) electrons. The Kier molecular flexibility index (Phi) is 4.95. The third-order valence-corrected chi connectivity index (χ3v) is 3.59. The highest BCUT2D eigenvalue weighted by Gasteiger charge is 2.07. The third-order valence-electron chi connectivity index (χ3n) is 3.30. The van der Waals surface area contributed by atoms with Gasteiger partial charge in [-0.15, -0.1) is 0 Å². The lowest BCUT2D eigenvalue weighted by molar-refractivity contribution is 0.262. The molecule has 0 aliphatic heterocycles. The van der Waals surface area contributed by atoms with Gasteiger partial charge in [-0.05, 0) is 35.9 Å². The predicted molar refractivity (Wildman–Crippen MR) is 91.8 cm³/mol. The van der Waals surface area contributed by atoms with Crippen LogP contribution in [0.1, 0.15) is 5.56 Å². The molecule has 0 atom stereocenters. The zero-order chi connectivity index (χ0) is 17.8. The molecule has 0 fully saturated rings. The van der Waals surface area contributed by atoms with Crippen LogP contribution in [0.5, 0.6) is 0 Å². The summed E-state index contributed by atoms with van der Waals surface area (Å²) in [6.45, 7) is 0.370. The monoisotopic (exact) mass is 362 g/mol. The van der Waals surface area contributed by atoms with E-state index >= 15 is 0 Å².